The Hall–Kier alpha value is -0.120. The van der Waals surface area contributed by atoms with Gasteiger partial charge in [0, 0.05) is 25.7 Å². The Labute approximate surface area is 99.3 Å². The largest absolute Gasteiger partial charge is 0.381 e. The number of hydrogen-bond donors (Lipinski definition) is 1. The van der Waals surface area contributed by atoms with E-state index in [0.29, 0.717) is 18.1 Å². The summed E-state index contributed by atoms with van der Waals surface area (Å²) in [4.78, 5) is 2.61. The topological polar surface area (TPSA) is 38.5 Å². The van der Waals surface area contributed by atoms with Gasteiger partial charge in [-0.3, -0.25) is 4.90 Å². The van der Waals surface area contributed by atoms with E-state index in [2.05, 4.69) is 11.8 Å². The van der Waals surface area contributed by atoms with Crippen LogP contribution in [-0.4, -0.2) is 43.3 Å². The summed E-state index contributed by atoms with van der Waals surface area (Å²) in [5, 5.41) is 0. The number of nitrogens with zero attached hydrogens (tertiary/aromatic N) is 1. The summed E-state index contributed by atoms with van der Waals surface area (Å²) in [6.45, 7) is 4.60. The molecule has 0 amide bonds. The van der Waals surface area contributed by atoms with Gasteiger partial charge in [-0.2, -0.15) is 0 Å². The SMILES string of the molecule is COC1CCCC(N2CCC(C)C(N)C2)C1. The molecular weight excluding hydrogens is 200 g/mol. The van der Waals surface area contributed by atoms with Crippen LogP contribution in [0.2, 0.25) is 0 Å². The van der Waals surface area contributed by atoms with Crippen LogP contribution in [0.15, 0.2) is 0 Å². The Morgan fingerprint density at radius 2 is 2.06 bits per heavy atom. The van der Waals surface area contributed by atoms with Crippen molar-refractivity contribution in [2.45, 2.75) is 57.2 Å². The van der Waals surface area contributed by atoms with Gasteiger partial charge in [-0.05, 0) is 44.6 Å². The van der Waals surface area contributed by atoms with Crippen LogP contribution in [0.3, 0.4) is 0 Å². The van der Waals surface area contributed by atoms with Crippen LogP contribution in [-0.2, 0) is 4.74 Å². The van der Waals surface area contributed by atoms with Crippen molar-refractivity contribution in [3.8, 4) is 0 Å². The highest BCUT2D eigenvalue weighted by atomic mass is 16.5. The fourth-order valence-corrected chi connectivity index (χ4v) is 3.12. The maximum atomic E-state index is 6.17. The number of methoxy groups -OCH3 is 1. The average Bonchev–Trinajstić information content (AvgIpc) is 2.33. The van der Waals surface area contributed by atoms with Crippen LogP contribution >= 0.6 is 0 Å². The van der Waals surface area contributed by atoms with Crippen molar-refractivity contribution in [3.63, 3.8) is 0 Å². The Morgan fingerprint density at radius 1 is 1.25 bits per heavy atom. The molecule has 16 heavy (non-hydrogen) atoms. The molecule has 0 aromatic heterocycles. The fourth-order valence-electron chi connectivity index (χ4n) is 3.12. The van der Waals surface area contributed by atoms with Gasteiger partial charge in [0.2, 0.25) is 0 Å². The number of hydrogen-bond acceptors (Lipinski definition) is 3. The van der Waals surface area contributed by atoms with E-state index in [0.717, 1.165) is 12.6 Å². The van der Waals surface area contributed by atoms with Gasteiger partial charge in [0.25, 0.3) is 0 Å². The zero-order valence-corrected chi connectivity index (χ0v) is 10.7. The smallest absolute Gasteiger partial charge is 0.0586 e. The van der Waals surface area contributed by atoms with E-state index in [4.69, 9.17) is 10.5 Å². The van der Waals surface area contributed by atoms with E-state index in [1.165, 1.54) is 38.6 Å². The van der Waals surface area contributed by atoms with Gasteiger partial charge in [-0.25, -0.2) is 0 Å². The molecule has 0 bridgehead atoms. The van der Waals surface area contributed by atoms with Gasteiger partial charge in [0.1, 0.15) is 0 Å². The third-order valence-corrected chi connectivity index (χ3v) is 4.50. The Morgan fingerprint density at radius 3 is 2.75 bits per heavy atom. The molecule has 4 unspecified atom stereocenters. The monoisotopic (exact) mass is 226 g/mol. The first-order valence-electron chi connectivity index (χ1n) is 6.73. The van der Waals surface area contributed by atoms with Crippen LogP contribution < -0.4 is 5.73 Å². The van der Waals surface area contributed by atoms with Gasteiger partial charge in [-0.1, -0.05) is 6.92 Å². The van der Waals surface area contributed by atoms with Gasteiger partial charge in [-0.15, -0.1) is 0 Å². The summed E-state index contributed by atoms with van der Waals surface area (Å²) in [6.07, 6.45) is 6.83. The number of ether oxygens (including phenoxy) is 1. The number of piperidine rings is 1. The predicted octanol–water partition coefficient (Wildman–Crippen LogP) is 1.61. The Bertz CT molecular complexity index is 218. The predicted molar refractivity (Wildman–Crippen MR) is 66.4 cm³/mol. The van der Waals surface area contributed by atoms with E-state index in [1.54, 1.807) is 0 Å². The van der Waals surface area contributed by atoms with Crippen molar-refractivity contribution >= 4 is 0 Å². The molecule has 2 N–H and O–H groups in total. The van der Waals surface area contributed by atoms with Crippen LogP contribution in [0.4, 0.5) is 0 Å². The van der Waals surface area contributed by atoms with Crippen LogP contribution in [0.5, 0.6) is 0 Å². The molecule has 0 aromatic rings. The second-order valence-corrected chi connectivity index (χ2v) is 5.60. The highest BCUT2D eigenvalue weighted by Crippen LogP contribution is 2.27. The maximum Gasteiger partial charge on any atom is 0.0586 e. The van der Waals surface area contributed by atoms with Crippen LogP contribution in [0.25, 0.3) is 0 Å². The van der Waals surface area contributed by atoms with Crippen molar-refractivity contribution in [3.05, 3.63) is 0 Å². The van der Waals surface area contributed by atoms with E-state index in [-0.39, 0.29) is 0 Å². The molecule has 1 aliphatic carbocycles. The van der Waals surface area contributed by atoms with E-state index < -0.39 is 0 Å². The number of nitrogens with two attached hydrogens (primary N) is 1. The highest BCUT2D eigenvalue weighted by molar-refractivity contribution is 4.87. The summed E-state index contributed by atoms with van der Waals surface area (Å²) < 4.78 is 5.50. The first-order valence-corrected chi connectivity index (χ1v) is 6.73. The van der Waals surface area contributed by atoms with Gasteiger partial charge < -0.3 is 10.5 Å². The standard InChI is InChI=1S/C13H26N2O/c1-10-6-7-15(9-13(10)14)11-4-3-5-12(8-11)16-2/h10-13H,3-9,14H2,1-2H3. The molecule has 1 heterocycles. The van der Waals surface area contributed by atoms with E-state index in [1.807, 2.05) is 7.11 Å². The lowest BCUT2D eigenvalue weighted by Gasteiger charge is -2.42. The summed E-state index contributed by atoms with van der Waals surface area (Å²) >= 11 is 0. The second-order valence-electron chi connectivity index (χ2n) is 5.60. The molecule has 0 radical (unpaired) electrons. The van der Waals surface area contributed by atoms with Crippen molar-refractivity contribution in [2.75, 3.05) is 20.2 Å². The third-order valence-electron chi connectivity index (χ3n) is 4.50. The molecule has 4 atom stereocenters. The molecule has 3 heteroatoms. The third kappa shape index (κ3) is 2.76. The van der Waals surface area contributed by atoms with E-state index >= 15 is 0 Å². The molecule has 94 valence electrons. The minimum Gasteiger partial charge on any atom is -0.381 e. The highest BCUT2D eigenvalue weighted by Gasteiger charge is 2.31. The first-order chi connectivity index (χ1) is 7.70. The fraction of sp³-hybridized carbons (Fsp3) is 1.00. The Kier molecular flexibility index (Phi) is 4.22. The Balaban J connectivity index is 1.87. The molecule has 2 aliphatic rings. The van der Waals surface area contributed by atoms with Crippen molar-refractivity contribution in [2.24, 2.45) is 11.7 Å². The van der Waals surface area contributed by atoms with Crippen LogP contribution in [0.1, 0.15) is 39.0 Å². The molecule has 2 rings (SSSR count). The van der Waals surface area contributed by atoms with E-state index in [9.17, 15) is 0 Å². The quantitative estimate of drug-likeness (QED) is 0.777. The lowest BCUT2D eigenvalue weighted by molar-refractivity contribution is 0.0152. The zero-order valence-electron chi connectivity index (χ0n) is 10.7. The summed E-state index contributed by atoms with van der Waals surface area (Å²) in [5.41, 5.74) is 6.17. The van der Waals surface area contributed by atoms with Gasteiger partial charge in [0.05, 0.1) is 6.10 Å². The molecule has 1 saturated carbocycles. The normalized spacial score (nSPS) is 42.2. The molecule has 2 fully saturated rings. The molecular formula is C13H26N2O. The minimum absolute atomic E-state index is 0.372. The molecule has 0 aromatic carbocycles. The first kappa shape index (κ1) is 12.3. The zero-order chi connectivity index (χ0) is 11.5. The van der Waals surface area contributed by atoms with Crippen molar-refractivity contribution < 1.29 is 4.74 Å². The lowest BCUT2D eigenvalue weighted by Crippen LogP contribution is -2.52. The maximum absolute atomic E-state index is 6.17. The summed E-state index contributed by atoms with van der Waals surface area (Å²) in [6, 6.07) is 1.09. The van der Waals surface area contributed by atoms with Gasteiger partial charge in [0.15, 0.2) is 0 Å². The molecule has 1 saturated heterocycles. The summed E-state index contributed by atoms with van der Waals surface area (Å²) in [5.74, 6) is 0.693. The molecule has 3 nitrogen and oxygen atoms in total. The number of likely N-dealkylation sites (tertiary alicyclic amines) is 1. The number of rotatable bonds is 2. The van der Waals surface area contributed by atoms with Crippen molar-refractivity contribution in [1.29, 1.82) is 0 Å². The van der Waals surface area contributed by atoms with Crippen molar-refractivity contribution in [1.82, 2.24) is 4.90 Å². The van der Waals surface area contributed by atoms with Crippen LogP contribution in [0, 0.1) is 5.92 Å². The molecule has 0 spiro atoms. The lowest BCUT2D eigenvalue weighted by atomic mass is 9.87. The second kappa shape index (κ2) is 5.48. The van der Waals surface area contributed by atoms with Gasteiger partial charge >= 0.3 is 0 Å². The minimum atomic E-state index is 0.372. The average molecular weight is 226 g/mol. The molecule has 1 aliphatic heterocycles. The summed E-state index contributed by atoms with van der Waals surface area (Å²) in [7, 11) is 1.84.